The number of rotatable bonds is 6. The van der Waals surface area contributed by atoms with E-state index in [2.05, 4.69) is 50.0 Å². The number of methoxy groups -OCH3 is 1. The van der Waals surface area contributed by atoms with Gasteiger partial charge in [-0.3, -0.25) is 0 Å². The first-order chi connectivity index (χ1) is 11.5. The Labute approximate surface area is 147 Å². The summed E-state index contributed by atoms with van der Waals surface area (Å²) in [5.41, 5.74) is 0.861. The van der Waals surface area contributed by atoms with Gasteiger partial charge in [0.05, 0.1) is 7.11 Å². The monoisotopic (exact) mass is 342 g/mol. The molecule has 0 heterocycles. The summed E-state index contributed by atoms with van der Waals surface area (Å²) in [5, 5.41) is 2.77. The van der Waals surface area contributed by atoms with Crippen LogP contribution in [0.2, 0.25) is 13.1 Å². The molecule has 3 heteroatoms. The summed E-state index contributed by atoms with van der Waals surface area (Å²) < 4.78 is 5.15. The first kappa shape index (κ1) is 18.7. The van der Waals surface area contributed by atoms with E-state index >= 15 is 0 Å². The Kier molecular flexibility index (Phi) is 6.61. The summed E-state index contributed by atoms with van der Waals surface area (Å²) >= 11 is 0. The molecule has 1 aromatic carbocycles. The average molecular weight is 343 g/mol. The number of carbonyl (C=O) groups excluding carboxylic acids is 1. The van der Waals surface area contributed by atoms with Gasteiger partial charge < -0.3 is 4.74 Å². The Bertz CT molecular complexity index is 596. The van der Waals surface area contributed by atoms with E-state index in [9.17, 15) is 4.79 Å². The molecule has 1 saturated carbocycles. The molecule has 0 spiro atoms. The van der Waals surface area contributed by atoms with Crippen LogP contribution in [0.15, 0.2) is 53.8 Å². The van der Waals surface area contributed by atoms with Crippen LogP contribution < -0.4 is 5.19 Å². The van der Waals surface area contributed by atoms with Crippen molar-refractivity contribution in [1.29, 1.82) is 0 Å². The van der Waals surface area contributed by atoms with Gasteiger partial charge in [-0.2, -0.15) is 0 Å². The fourth-order valence-corrected chi connectivity index (χ4v) is 7.71. The van der Waals surface area contributed by atoms with Gasteiger partial charge in [-0.15, -0.1) is 6.58 Å². The van der Waals surface area contributed by atoms with Crippen LogP contribution in [0.4, 0.5) is 0 Å². The van der Waals surface area contributed by atoms with Crippen LogP contribution in [0, 0.1) is 5.92 Å². The summed E-state index contributed by atoms with van der Waals surface area (Å²) in [6.07, 6.45) is 8.65. The molecule has 0 aliphatic heterocycles. The second kappa shape index (κ2) is 8.47. The van der Waals surface area contributed by atoms with Crippen molar-refractivity contribution in [2.24, 2.45) is 5.92 Å². The Balaban J connectivity index is 2.60. The van der Waals surface area contributed by atoms with E-state index in [0.717, 1.165) is 5.57 Å². The smallest absolute Gasteiger partial charge is 0.333 e. The highest BCUT2D eigenvalue weighted by Gasteiger charge is 2.37. The van der Waals surface area contributed by atoms with E-state index in [1.165, 1.54) is 49.6 Å². The summed E-state index contributed by atoms with van der Waals surface area (Å²) in [7, 11) is -0.458. The van der Waals surface area contributed by atoms with E-state index in [4.69, 9.17) is 4.74 Å². The number of ether oxygens (including phenoxy) is 1. The molecule has 0 saturated heterocycles. The normalized spacial score (nSPS) is 17.1. The largest absolute Gasteiger partial charge is 0.466 e. The molecule has 1 fully saturated rings. The summed E-state index contributed by atoms with van der Waals surface area (Å²) in [6.45, 7) is 8.62. The fraction of sp³-hybridized carbons (Fsp3) is 0.476. The minimum absolute atomic E-state index is 0.174. The van der Waals surface area contributed by atoms with Crippen molar-refractivity contribution in [1.82, 2.24) is 0 Å². The van der Waals surface area contributed by atoms with Crippen LogP contribution in [0.25, 0.3) is 0 Å². The van der Waals surface area contributed by atoms with Gasteiger partial charge in [0, 0.05) is 5.57 Å². The van der Waals surface area contributed by atoms with Gasteiger partial charge in [-0.05, 0) is 25.2 Å². The number of allylic oxidation sites excluding steroid dienone is 2. The van der Waals surface area contributed by atoms with Crippen LogP contribution >= 0.6 is 0 Å². The fourth-order valence-electron chi connectivity index (χ4n) is 4.11. The van der Waals surface area contributed by atoms with E-state index in [-0.39, 0.29) is 5.97 Å². The van der Waals surface area contributed by atoms with Gasteiger partial charge in [0.1, 0.15) is 8.07 Å². The Morgan fingerprint density at radius 2 is 1.83 bits per heavy atom. The van der Waals surface area contributed by atoms with E-state index in [1.54, 1.807) is 0 Å². The van der Waals surface area contributed by atoms with Crippen molar-refractivity contribution < 1.29 is 9.53 Å². The lowest BCUT2D eigenvalue weighted by atomic mass is 9.87. The first-order valence-electron chi connectivity index (χ1n) is 9.00. The molecule has 130 valence electrons. The minimum Gasteiger partial charge on any atom is -0.466 e. The number of hydrogen-bond donors (Lipinski definition) is 0. The molecule has 1 aliphatic carbocycles. The predicted octanol–water partition coefficient (Wildman–Crippen LogP) is 4.77. The van der Waals surface area contributed by atoms with Crippen molar-refractivity contribution in [3.05, 3.63) is 53.8 Å². The molecule has 0 atom stereocenters. The molecule has 0 N–H and O–H groups in total. The standard InChI is InChI=1S/C21H30O2Si/c1-5-12-19(21(22)23-2)20(17-13-8-6-9-14-17)24(3,4)18-15-10-7-11-16-18/h5,7,10-11,15-17H,1,6,8-9,12-14H2,2-4H3/b20-19-. The van der Waals surface area contributed by atoms with Crippen molar-refractivity contribution in [3.63, 3.8) is 0 Å². The summed E-state index contributed by atoms with van der Waals surface area (Å²) in [6, 6.07) is 10.7. The van der Waals surface area contributed by atoms with Crippen LogP contribution in [0.5, 0.6) is 0 Å². The van der Waals surface area contributed by atoms with E-state index in [1.807, 2.05) is 6.08 Å². The molecule has 0 radical (unpaired) electrons. The second-order valence-corrected chi connectivity index (χ2v) is 11.6. The molecular weight excluding hydrogens is 312 g/mol. The van der Waals surface area contributed by atoms with Gasteiger partial charge >= 0.3 is 5.97 Å². The Morgan fingerprint density at radius 1 is 1.21 bits per heavy atom. The molecule has 0 aromatic heterocycles. The van der Waals surface area contributed by atoms with Crippen LogP contribution in [-0.2, 0) is 9.53 Å². The maximum absolute atomic E-state index is 12.6. The zero-order chi connectivity index (χ0) is 17.6. The number of esters is 1. The van der Waals surface area contributed by atoms with Gasteiger partial charge in [-0.1, -0.05) is 79.1 Å². The highest BCUT2D eigenvalue weighted by atomic mass is 28.3. The van der Waals surface area contributed by atoms with Gasteiger partial charge in [-0.25, -0.2) is 4.79 Å². The lowest BCUT2D eigenvalue weighted by Crippen LogP contribution is -2.47. The molecule has 0 unspecified atom stereocenters. The third-order valence-electron chi connectivity index (χ3n) is 5.29. The van der Waals surface area contributed by atoms with E-state index < -0.39 is 8.07 Å². The van der Waals surface area contributed by atoms with Crippen LogP contribution in [-0.4, -0.2) is 21.2 Å². The number of benzene rings is 1. The second-order valence-electron chi connectivity index (χ2n) is 7.20. The molecule has 1 aromatic rings. The molecule has 24 heavy (non-hydrogen) atoms. The highest BCUT2D eigenvalue weighted by molar-refractivity contribution is 6.96. The SMILES string of the molecule is C=CC/C(C(=O)OC)=C(\C1CCCCC1)[Si](C)(C)c1ccccc1. The van der Waals surface area contributed by atoms with Gasteiger partial charge in [0.25, 0.3) is 0 Å². The number of hydrogen-bond acceptors (Lipinski definition) is 2. The van der Waals surface area contributed by atoms with Crippen molar-refractivity contribution in [3.8, 4) is 0 Å². The minimum atomic E-state index is -1.94. The predicted molar refractivity (Wildman–Crippen MR) is 104 cm³/mol. The number of carbonyl (C=O) groups is 1. The zero-order valence-corrected chi connectivity index (χ0v) is 16.3. The highest BCUT2D eigenvalue weighted by Crippen LogP contribution is 2.37. The molecule has 2 nitrogen and oxygen atoms in total. The van der Waals surface area contributed by atoms with Gasteiger partial charge in [0.2, 0.25) is 0 Å². The van der Waals surface area contributed by atoms with Crippen molar-refractivity contribution in [2.75, 3.05) is 7.11 Å². The topological polar surface area (TPSA) is 26.3 Å². The Hall–Kier alpha value is -1.61. The average Bonchev–Trinajstić information content (AvgIpc) is 2.62. The van der Waals surface area contributed by atoms with Crippen LogP contribution in [0.1, 0.15) is 38.5 Å². The lowest BCUT2D eigenvalue weighted by molar-refractivity contribution is -0.136. The third kappa shape index (κ3) is 4.07. The maximum atomic E-state index is 12.6. The van der Waals surface area contributed by atoms with Crippen molar-refractivity contribution in [2.45, 2.75) is 51.6 Å². The molecule has 0 amide bonds. The third-order valence-corrected chi connectivity index (χ3v) is 9.12. The van der Waals surface area contributed by atoms with Gasteiger partial charge in [0.15, 0.2) is 0 Å². The molecular formula is C21H30O2Si. The van der Waals surface area contributed by atoms with E-state index in [0.29, 0.717) is 12.3 Å². The summed E-state index contributed by atoms with van der Waals surface area (Å²) in [4.78, 5) is 12.6. The zero-order valence-electron chi connectivity index (χ0n) is 15.3. The van der Waals surface area contributed by atoms with Crippen molar-refractivity contribution >= 4 is 19.2 Å². The quantitative estimate of drug-likeness (QED) is 0.322. The summed E-state index contributed by atoms with van der Waals surface area (Å²) in [5.74, 6) is 0.335. The molecule has 0 bridgehead atoms. The van der Waals surface area contributed by atoms with Crippen LogP contribution in [0.3, 0.4) is 0 Å². The lowest BCUT2D eigenvalue weighted by Gasteiger charge is -2.36. The first-order valence-corrected chi connectivity index (χ1v) is 12.0. The maximum Gasteiger partial charge on any atom is 0.333 e. The Morgan fingerprint density at radius 3 is 2.38 bits per heavy atom. The molecule has 1 aliphatic rings. The molecule has 2 rings (SSSR count).